The molecular weight excluding hydrogens is 399 g/mol. The molecule has 0 aliphatic carbocycles. The molecule has 0 fully saturated rings. The summed E-state index contributed by atoms with van der Waals surface area (Å²) in [5.41, 5.74) is 13.9. The van der Waals surface area contributed by atoms with Crippen molar-refractivity contribution in [2.45, 2.75) is 38.8 Å². The Hall–Kier alpha value is -1.26. The molecule has 0 aliphatic rings. The van der Waals surface area contributed by atoms with Crippen molar-refractivity contribution in [3.05, 3.63) is 71.8 Å². The molecule has 0 amide bonds. The minimum absolute atomic E-state index is 0. The van der Waals surface area contributed by atoms with E-state index in [4.69, 9.17) is 29.0 Å². The summed E-state index contributed by atoms with van der Waals surface area (Å²) >= 11 is 0. The van der Waals surface area contributed by atoms with Crippen LogP contribution in [0.15, 0.2) is 60.7 Å². The summed E-state index contributed by atoms with van der Waals surface area (Å²) in [7, 11) is -4.67. The van der Waals surface area contributed by atoms with Crippen LogP contribution in [0.3, 0.4) is 0 Å². The average Bonchev–Trinajstić information content (AvgIpc) is 2.47. The van der Waals surface area contributed by atoms with E-state index in [-0.39, 0.29) is 28.9 Å². The van der Waals surface area contributed by atoms with E-state index in [0.717, 1.165) is 12.8 Å². The first-order chi connectivity index (χ1) is 11.6. The molecule has 2 aromatic rings. The summed E-state index contributed by atoms with van der Waals surface area (Å²) < 4.78 is 31.6. The van der Waals surface area contributed by atoms with Crippen LogP contribution in [0.4, 0.5) is 0 Å². The smallest absolute Gasteiger partial charge is 0.328 e. The Kier molecular flexibility index (Phi) is 15.4. The number of benzene rings is 2. The fourth-order valence-electron chi connectivity index (χ4n) is 1.97. The van der Waals surface area contributed by atoms with Crippen molar-refractivity contribution in [1.29, 1.82) is 0 Å². The van der Waals surface area contributed by atoms with E-state index in [2.05, 4.69) is 24.3 Å². The van der Waals surface area contributed by atoms with Crippen molar-refractivity contribution in [1.82, 2.24) is 0 Å². The molecule has 6 nitrogen and oxygen atoms in total. The van der Waals surface area contributed by atoms with Crippen molar-refractivity contribution in [3.63, 3.8) is 0 Å². The van der Waals surface area contributed by atoms with Crippen LogP contribution >= 0.6 is 0 Å². The van der Waals surface area contributed by atoms with E-state index in [9.17, 15) is 0 Å². The van der Waals surface area contributed by atoms with Gasteiger partial charge in [0.15, 0.2) is 0 Å². The Morgan fingerprint density at radius 1 is 0.769 bits per heavy atom. The van der Waals surface area contributed by atoms with E-state index < -0.39 is 10.4 Å². The van der Waals surface area contributed by atoms with Crippen LogP contribution in [0, 0.1) is 0 Å². The zero-order valence-electron chi connectivity index (χ0n) is 14.9. The summed E-state index contributed by atoms with van der Waals surface area (Å²) in [6.45, 7) is 4.04. The minimum atomic E-state index is -4.67. The van der Waals surface area contributed by atoms with Crippen LogP contribution in [-0.2, 0) is 40.0 Å². The molecule has 6 N–H and O–H groups in total. The van der Waals surface area contributed by atoms with Gasteiger partial charge in [-0.1, -0.05) is 60.7 Å². The number of rotatable bonds is 4. The molecule has 2 rings (SSSR count). The Balaban J connectivity index is 0. The van der Waals surface area contributed by atoms with Gasteiger partial charge in [0, 0.05) is 28.9 Å². The van der Waals surface area contributed by atoms with Crippen molar-refractivity contribution < 1.29 is 34.3 Å². The first-order valence-corrected chi connectivity index (χ1v) is 9.26. The van der Waals surface area contributed by atoms with E-state index in [0.29, 0.717) is 0 Å². The van der Waals surface area contributed by atoms with Gasteiger partial charge >= 0.3 is 10.4 Å². The van der Waals surface area contributed by atoms with Gasteiger partial charge in [0.1, 0.15) is 0 Å². The molecule has 0 saturated carbocycles. The molecule has 2 atom stereocenters. The number of nitrogens with two attached hydrogens (primary N) is 2. The molecule has 0 bridgehead atoms. The van der Waals surface area contributed by atoms with Gasteiger partial charge in [-0.25, -0.2) is 0 Å². The molecule has 26 heavy (non-hydrogen) atoms. The first-order valence-electron chi connectivity index (χ1n) is 7.86. The predicted octanol–water partition coefficient (Wildman–Crippen LogP) is 2.50. The summed E-state index contributed by atoms with van der Waals surface area (Å²) in [4.78, 5) is 0. The normalized spacial score (nSPS) is 12.2. The second-order valence-electron chi connectivity index (χ2n) is 5.78. The summed E-state index contributed by atoms with van der Waals surface area (Å²) in [6, 6.07) is 21.1. The van der Waals surface area contributed by atoms with Gasteiger partial charge in [-0.3, -0.25) is 9.11 Å². The zero-order valence-corrected chi connectivity index (χ0v) is 16.8. The number of hydrogen-bond acceptors (Lipinski definition) is 4. The van der Waals surface area contributed by atoms with Gasteiger partial charge in [0.2, 0.25) is 0 Å². The molecule has 0 spiro atoms. The second-order valence-corrected chi connectivity index (χ2v) is 6.68. The Morgan fingerprint density at radius 2 is 1.00 bits per heavy atom. The third-order valence-electron chi connectivity index (χ3n) is 2.80. The quantitative estimate of drug-likeness (QED) is 0.556. The number of hydrogen-bond donors (Lipinski definition) is 4. The van der Waals surface area contributed by atoms with E-state index in [1.165, 1.54) is 11.1 Å². The summed E-state index contributed by atoms with van der Waals surface area (Å²) in [6.07, 6.45) is 1.95. The largest absolute Gasteiger partial charge is 0.394 e. The standard InChI is InChI=1S/2C9H13N.Co.H2O4S/c2*1-8(10)7-9-5-3-2-4-6-9;;1-5(2,3)4/h2*2-6,8H,7,10H2,1H3;;(H2,1,2,3,4)/t2*8-;;/m00../s1. The third kappa shape index (κ3) is 20.8. The third-order valence-corrected chi connectivity index (χ3v) is 2.80. The summed E-state index contributed by atoms with van der Waals surface area (Å²) in [5, 5.41) is 0. The van der Waals surface area contributed by atoms with Gasteiger partial charge in [-0.2, -0.15) is 8.42 Å². The SMILES string of the molecule is C[C@H](N)Cc1ccccc1.C[C@H](N)Cc1ccccc1.O=S(=O)(O)O.[Co]. The molecule has 0 heterocycles. The fourth-order valence-corrected chi connectivity index (χ4v) is 1.97. The minimum Gasteiger partial charge on any atom is -0.328 e. The summed E-state index contributed by atoms with van der Waals surface area (Å²) in [5.74, 6) is 0. The van der Waals surface area contributed by atoms with Crippen molar-refractivity contribution in [2.24, 2.45) is 11.5 Å². The average molecular weight is 427 g/mol. The van der Waals surface area contributed by atoms with Crippen LogP contribution in [0.25, 0.3) is 0 Å². The van der Waals surface area contributed by atoms with E-state index in [1.54, 1.807) is 0 Å². The predicted molar refractivity (Wildman–Crippen MR) is 102 cm³/mol. The van der Waals surface area contributed by atoms with Crippen LogP contribution in [0.5, 0.6) is 0 Å². The van der Waals surface area contributed by atoms with Gasteiger partial charge in [-0.05, 0) is 37.8 Å². The van der Waals surface area contributed by atoms with E-state index >= 15 is 0 Å². The molecule has 8 heteroatoms. The topological polar surface area (TPSA) is 127 Å². The molecular formula is C18H28CoN2O4S. The van der Waals surface area contributed by atoms with Crippen molar-refractivity contribution in [3.8, 4) is 0 Å². The molecule has 149 valence electrons. The van der Waals surface area contributed by atoms with Gasteiger partial charge in [-0.15, -0.1) is 0 Å². The van der Waals surface area contributed by atoms with Crippen molar-refractivity contribution >= 4 is 10.4 Å². The maximum Gasteiger partial charge on any atom is 0.394 e. The Bertz CT molecular complexity index is 613. The van der Waals surface area contributed by atoms with Crippen LogP contribution < -0.4 is 11.5 Å². The monoisotopic (exact) mass is 427 g/mol. The Labute approximate surface area is 166 Å². The maximum atomic E-state index is 8.74. The molecule has 0 unspecified atom stereocenters. The molecule has 0 aliphatic heterocycles. The second kappa shape index (κ2) is 14.9. The fraction of sp³-hybridized carbons (Fsp3) is 0.333. The zero-order chi connectivity index (χ0) is 19.3. The Morgan fingerprint density at radius 3 is 1.19 bits per heavy atom. The molecule has 0 saturated heterocycles. The first kappa shape index (κ1) is 27.0. The van der Waals surface area contributed by atoms with Crippen LogP contribution in [-0.4, -0.2) is 29.6 Å². The van der Waals surface area contributed by atoms with Gasteiger partial charge in [0.25, 0.3) is 0 Å². The molecule has 2 aromatic carbocycles. The van der Waals surface area contributed by atoms with Gasteiger partial charge in [0.05, 0.1) is 0 Å². The van der Waals surface area contributed by atoms with Crippen LogP contribution in [0.2, 0.25) is 0 Å². The maximum absolute atomic E-state index is 8.74. The van der Waals surface area contributed by atoms with Crippen molar-refractivity contribution in [2.75, 3.05) is 0 Å². The van der Waals surface area contributed by atoms with E-state index in [1.807, 2.05) is 50.2 Å². The molecule has 0 aromatic heterocycles. The molecule has 1 radical (unpaired) electrons. The van der Waals surface area contributed by atoms with Gasteiger partial charge < -0.3 is 11.5 Å². The van der Waals surface area contributed by atoms with Crippen LogP contribution in [0.1, 0.15) is 25.0 Å².